The number of amides is 1. The van der Waals surface area contributed by atoms with Gasteiger partial charge in [0.05, 0.1) is 12.0 Å². The zero-order valence-corrected chi connectivity index (χ0v) is 12.8. The molecule has 1 fully saturated rings. The summed E-state index contributed by atoms with van der Waals surface area (Å²) in [6.45, 7) is 8.68. The van der Waals surface area contributed by atoms with E-state index >= 15 is 0 Å². The Labute approximate surface area is 120 Å². The lowest BCUT2D eigenvalue weighted by Gasteiger charge is -2.34. The minimum Gasteiger partial charge on any atom is -0.466 e. The Balaban J connectivity index is 2.61. The topological polar surface area (TPSA) is 73.9 Å². The van der Waals surface area contributed by atoms with Crippen molar-refractivity contribution in [2.75, 3.05) is 26.4 Å². The zero-order chi connectivity index (χ0) is 15.2. The van der Waals surface area contributed by atoms with Gasteiger partial charge in [0.25, 0.3) is 0 Å². The Morgan fingerprint density at radius 3 is 2.35 bits per heavy atom. The summed E-state index contributed by atoms with van der Waals surface area (Å²) in [4.78, 5) is 23.9. The monoisotopic (exact) mass is 287 g/mol. The van der Waals surface area contributed by atoms with E-state index in [1.165, 1.54) is 0 Å². The van der Waals surface area contributed by atoms with Gasteiger partial charge in [0.2, 0.25) is 0 Å². The van der Waals surface area contributed by atoms with Crippen molar-refractivity contribution in [3.05, 3.63) is 0 Å². The molecule has 0 unspecified atom stereocenters. The van der Waals surface area contributed by atoms with E-state index in [2.05, 4.69) is 5.32 Å². The molecular formula is C14H25NO5. The molecular weight excluding hydrogens is 262 g/mol. The van der Waals surface area contributed by atoms with E-state index in [-0.39, 0.29) is 12.5 Å². The average molecular weight is 287 g/mol. The molecule has 1 N–H and O–H groups in total. The van der Waals surface area contributed by atoms with Gasteiger partial charge >= 0.3 is 12.1 Å². The maximum absolute atomic E-state index is 12.1. The molecule has 1 aliphatic rings. The van der Waals surface area contributed by atoms with Gasteiger partial charge < -0.3 is 19.5 Å². The van der Waals surface area contributed by atoms with E-state index in [4.69, 9.17) is 14.2 Å². The molecule has 1 aliphatic heterocycles. The van der Waals surface area contributed by atoms with Gasteiger partial charge in [-0.3, -0.25) is 4.79 Å². The van der Waals surface area contributed by atoms with Crippen molar-refractivity contribution in [2.45, 2.75) is 46.1 Å². The van der Waals surface area contributed by atoms with Gasteiger partial charge in [0.15, 0.2) is 0 Å². The van der Waals surface area contributed by atoms with Gasteiger partial charge in [0, 0.05) is 19.8 Å². The highest BCUT2D eigenvalue weighted by molar-refractivity contribution is 5.78. The molecule has 6 heteroatoms. The van der Waals surface area contributed by atoms with Crippen LogP contribution in [-0.4, -0.2) is 44.0 Å². The van der Waals surface area contributed by atoms with Crippen molar-refractivity contribution in [1.82, 2.24) is 5.32 Å². The second-order valence-electron chi connectivity index (χ2n) is 5.97. The number of esters is 1. The molecule has 1 rings (SSSR count). The molecule has 0 atom stereocenters. The second-order valence-corrected chi connectivity index (χ2v) is 5.97. The van der Waals surface area contributed by atoms with Crippen LogP contribution in [0.2, 0.25) is 0 Å². The number of hydrogen-bond acceptors (Lipinski definition) is 5. The van der Waals surface area contributed by atoms with E-state index < -0.39 is 17.1 Å². The SMILES string of the molecule is CCOC(=O)C1(CNC(=O)OC(C)(C)C)CCOCC1. The van der Waals surface area contributed by atoms with Crippen LogP contribution in [0.3, 0.4) is 0 Å². The highest BCUT2D eigenvalue weighted by atomic mass is 16.6. The van der Waals surface area contributed by atoms with Crippen LogP contribution in [0.1, 0.15) is 40.5 Å². The van der Waals surface area contributed by atoms with Crippen molar-refractivity contribution in [1.29, 1.82) is 0 Å². The molecule has 116 valence electrons. The third-order valence-electron chi connectivity index (χ3n) is 3.13. The molecule has 0 bridgehead atoms. The fourth-order valence-corrected chi connectivity index (χ4v) is 2.05. The van der Waals surface area contributed by atoms with E-state index in [0.29, 0.717) is 32.7 Å². The van der Waals surface area contributed by atoms with Crippen LogP contribution in [0.25, 0.3) is 0 Å². The molecule has 0 aromatic carbocycles. The summed E-state index contributed by atoms with van der Waals surface area (Å²) in [7, 11) is 0. The first-order valence-electron chi connectivity index (χ1n) is 7.01. The van der Waals surface area contributed by atoms with E-state index in [0.717, 1.165) is 0 Å². The lowest BCUT2D eigenvalue weighted by molar-refractivity contribution is -0.160. The van der Waals surface area contributed by atoms with Crippen LogP contribution in [-0.2, 0) is 19.0 Å². The van der Waals surface area contributed by atoms with Crippen LogP contribution >= 0.6 is 0 Å². The summed E-state index contributed by atoms with van der Waals surface area (Å²) >= 11 is 0. The Morgan fingerprint density at radius 1 is 1.25 bits per heavy atom. The number of nitrogens with one attached hydrogen (secondary N) is 1. The Hall–Kier alpha value is -1.30. The fourth-order valence-electron chi connectivity index (χ4n) is 2.05. The highest BCUT2D eigenvalue weighted by Crippen LogP contribution is 2.31. The molecule has 0 aliphatic carbocycles. The smallest absolute Gasteiger partial charge is 0.407 e. The van der Waals surface area contributed by atoms with Crippen molar-refractivity contribution in [3.8, 4) is 0 Å². The first-order valence-corrected chi connectivity index (χ1v) is 7.01. The maximum Gasteiger partial charge on any atom is 0.407 e. The molecule has 0 radical (unpaired) electrons. The number of carbonyl (C=O) groups is 2. The lowest BCUT2D eigenvalue weighted by atomic mass is 9.80. The summed E-state index contributed by atoms with van der Waals surface area (Å²) in [6.07, 6.45) is 0.566. The molecule has 0 spiro atoms. The third kappa shape index (κ3) is 5.00. The largest absolute Gasteiger partial charge is 0.466 e. The van der Waals surface area contributed by atoms with Gasteiger partial charge in [-0.05, 0) is 40.5 Å². The number of alkyl carbamates (subject to hydrolysis) is 1. The Kier molecular flexibility index (Phi) is 5.80. The molecule has 1 saturated heterocycles. The van der Waals surface area contributed by atoms with Gasteiger partial charge in [-0.15, -0.1) is 0 Å². The summed E-state index contributed by atoms with van der Waals surface area (Å²) < 4.78 is 15.6. The van der Waals surface area contributed by atoms with Crippen LogP contribution in [0.4, 0.5) is 4.79 Å². The molecule has 1 amide bonds. The Bertz CT molecular complexity index is 342. The van der Waals surface area contributed by atoms with E-state index in [1.807, 2.05) is 0 Å². The predicted octanol–water partition coefficient (Wildman–Crippen LogP) is 1.87. The summed E-state index contributed by atoms with van der Waals surface area (Å²) in [5.41, 5.74) is -1.26. The number of rotatable bonds is 4. The van der Waals surface area contributed by atoms with Crippen LogP contribution in [0.15, 0.2) is 0 Å². The first kappa shape index (κ1) is 16.8. The van der Waals surface area contributed by atoms with Gasteiger partial charge in [-0.1, -0.05) is 0 Å². The normalized spacial score (nSPS) is 18.2. The summed E-state index contributed by atoms with van der Waals surface area (Å²) in [6, 6.07) is 0. The number of ether oxygens (including phenoxy) is 3. The molecule has 0 aromatic rings. The van der Waals surface area contributed by atoms with Crippen molar-refractivity contribution >= 4 is 12.1 Å². The third-order valence-corrected chi connectivity index (χ3v) is 3.13. The zero-order valence-electron chi connectivity index (χ0n) is 12.8. The standard InChI is InChI=1S/C14H25NO5/c1-5-19-11(16)14(6-8-18-9-7-14)10-15-12(17)20-13(2,3)4/h5-10H2,1-4H3,(H,15,17). The van der Waals surface area contributed by atoms with Gasteiger partial charge in [0.1, 0.15) is 5.60 Å². The lowest BCUT2D eigenvalue weighted by Crippen LogP contribution is -2.48. The van der Waals surface area contributed by atoms with Crippen LogP contribution in [0.5, 0.6) is 0 Å². The predicted molar refractivity (Wildman–Crippen MR) is 73.4 cm³/mol. The first-order chi connectivity index (χ1) is 9.29. The summed E-state index contributed by atoms with van der Waals surface area (Å²) in [5, 5.41) is 2.67. The fraction of sp³-hybridized carbons (Fsp3) is 0.857. The van der Waals surface area contributed by atoms with Crippen molar-refractivity contribution in [2.24, 2.45) is 5.41 Å². The van der Waals surface area contributed by atoms with E-state index in [9.17, 15) is 9.59 Å². The van der Waals surface area contributed by atoms with Crippen molar-refractivity contribution in [3.63, 3.8) is 0 Å². The minimum atomic E-state index is -0.703. The molecule has 0 saturated carbocycles. The summed E-state index contributed by atoms with van der Waals surface area (Å²) in [5.74, 6) is -0.278. The molecule has 0 aromatic heterocycles. The molecule has 1 heterocycles. The number of hydrogen-bond donors (Lipinski definition) is 1. The quantitative estimate of drug-likeness (QED) is 0.799. The Morgan fingerprint density at radius 2 is 1.85 bits per heavy atom. The minimum absolute atomic E-state index is 0.212. The van der Waals surface area contributed by atoms with Gasteiger partial charge in [-0.25, -0.2) is 4.79 Å². The van der Waals surface area contributed by atoms with Crippen LogP contribution < -0.4 is 5.32 Å². The van der Waals surface area contributed by atoms with Gasteiger partial charge in [-0.2, -0.15) is 0 Å². The average Bonchev–Trinajstić information content (AvgIpc) is 2.36. The molecule has 6 nitrogen and oxygen atoms in total. The van der Waals surface area contributed by atoms with Crippen molar-refractivity contribution < 1.29 is 23.8 Å². The second kappa shape index (κ2) is 6.92. The van der Waals surface area contributed by atoms with Crippen LogP contribution in [0, 0.1) is 5.41 Å². The highest BCUT2D eigenvalue weighted by Gasteiger charge is 2.42. The maximum atomic E-state index is 12.1. The molecule has 20 heavy (non-hydrogen) atoms. The number of carbonyl (C=O) groups excluding carboxylic acids is 2. The van der Waals surface area contributed by atoms with E-state index in [1.54, 1.807) is 27.7 Å².